The minimum absolute atomic E-state index is 0.138. The molecule has 0 amide bonds. The van der Waals surface area contributed by atoms with E-state index in [1.165, 1.54) is 0 Å². The lowest BCUT2D eigenvalue weighted by Gasteiger charge is -2.15. The maximum absolute atomic E-state index is 12.7. The number of nitrogens with zero attached hydrogens (tertiary/aromatic N) is 1. The summed E-state index contributed by atoms with van der Waals surface area (Å²) in [7, 11) is 4.00. The molecule has 3 aromatic rings. The van der Waals surface area contributed by atoms with Crippen molar-refractivity contribution in [1.29, 1.82) is 0 Å². The quantitative estimate of drug-likeness (QED) is 0.360. The molecule has 0 aliphatic heterocycles. The average Bonchev–Trinajstić information content (AvgIpc) is 3.15. The molecule has 0 saturated heterocycles. The van der Waals surface area contributed by atoms with Crippen LogP contribution in [0.25, 0.3) is 22.3 Å². The van der Waals surface area contributed by atoms with Crippen molar-refractivity contribution in [2.75, 3.05) is 46.9 Å². The molecule has 1 aromatic heterocycles. The maximum Gasteiger partial charge on any atom is 0.342 e. The van der Waals surface area contributed by atoms with Gasteiger partial charge in [0.1, 0.15) is 35.4 Å². The third kappa shape index (κ3) is 6.07. The lowest BCUT2D eigenvalue weighted by molar-refractivity contribution is 0.0528. The summed E-state index contributed by atoms with van der Waals surface area (Å²) < 4.78 is 17.0. The van der Waals surface area contributed by atoms with E-state index in [4.69, 9.17) is 13.9 Å². The molecule has 0 bridgehead atoms. The van der Waals surface area contributed by atoms with E-state index in [2.05, 4.69) is 10.2 Å². The van der Waals surface area contributed by atoms with Crippen molar-refractivity contribution in [3.8, 4) is 17.1 Å². The van der Waals surface area contributed by atoms with Crippen molar-refractivity contribution in [1.82, 2.24) is 10.2 Å². The molecule has 1 atom stereocenters. The molecule has 0 fully saturated rings. The zero-order valence-corrected chi connectivity index (χ0v) is 18.3. The number of carbonyl (C=O) groups is 1. The smallest absolute Gasteiger partial charge is 0.342 e. The molecule has 0 saturated carbocycles. The van der Waals surface area contributed by atoms with Crippen molar-refractivity contribution in [3.05, 3.63) is 54.1 Å². The lowest BCUT2D eigenvalue weighted by Crippen LogP contribution is -2.35. The average molecular weight is 427 g/mol. The molecule has 0 spiro atoms. The van der Waals surface area contributed by atoms with E-state index in [1.807, 2.05) is 44.4 Å². The number of aliphatic hydroxyl groups excluding tert-OH is 1. The van der Waals surface area contributed by atoms with Crippen LogP contribution in [0.5, 0.6) is 5.75 Å². The number of furan rings is 1. The number of carbonyl (C=O) groups excluding carboxylic acids is 1. The second-order valence-electron chi connectivity index (χ2n) is 7.52. The largest absolute Gasteiger partial charge is 0.491 e. The van der Waals surface area contributed by atoms with Crippen LogP contribution in [0.15, 0.2) is 52.9 Å². The lowest BCUT2D eigenvalue weighted by atomic mass is 10.1. The zero-order valence-electron chi connectivity index (χ0n) is 18.3. The fourth-order valence-electron chi connectivity index (χ4n) is 3.19. The normalized spacial score (nSPS) is 12.3. The Hall–Kier alpha value is -2.87. The third-order valence-corrected chi connectivity index (χ3v) is 4.73. The molecular weight excluding hydrogens is 396 g/mol. The van der Waals surface area contributed by atoms with Crippen LogP contribution in [-0.4, -0.2) is 69.0 Å². The molecule has 3 rings (SSSR count). The predicted octanol–water partition coefficient (Wildman–Crippen LogP) is 3.17. The molecule has 2 aromatic carbocycles. The molecule has 31 heavy (non-hydrogen) atoms. The summed E-state index contributed by atoms with van der Waals surface area (Å²) in [6, 6.07) is 14.7. The molecule has 7 nitrogen and oxygen atoms in total. The minimum Gasteiger partial charge on any atom is -0.491 e. The summed E-state index contributed by atoms with van der Waals surface area (Å²) in [5.41, 5.74) is 1.74. The van der Waals surface area contributed by atoms with E-state index < -0.39 is 12.1 Å². The summed E-state index contributed by atoms with van der Waals surface area (Å²) in [4.78, 5) is 14.8. The zero-order chi connectivity index (χ0) is 22.2. The molecule has 7 heteroatoms. The minimum atomic E-state index is -0.647. The molecular formula is C24H30N2O5. The summed E-state index contributed by atoms with van der Waals surface area (Å²) in [5.74, 6) is 0.574. The Labute approximate surface area is 182 Å². The standard InChI is InChI=1S/C24H30N2O5/c1-4-29-24(28)22-20-14-19(30-16-18(27)15-25-12-13-26(2)3)10-11-21(20)31-23(22)17-8-6-5-7-9-17/h5-11,14,18,25,27H,4,12-13,15-16H2,1-3H3/t18-/m1/s1. The first kappa shape index (κ1) is 22.8. The van der Waals surface area contributed by atoms with Crippen molar-refractivity contribution in [2.24, 2.45) is 0 Å². The first-order valence-electron chi connectivity index (χ1n) is 10.4. The van der Waals surface area contributed by atoms with Crippen LogP contribution >= 0.6 is 0 Å². The number of aliphatic hydroxyl groups is 1. The second kappa shape index (κ2) is 10.9. The van der Waals surface area contributed by atoms with Crippen molar-refractivity contribution in [2.45, 2.75) is 13.0 Å². The van der Waals surface area contributed by atoms with Gasteiger partial charge >= 0.3 is 5.97 Å². The molecule has 0 radical (unpaired) electrons. The van der Waals surface area contributed by atoms with Crippen molar-refractivity contribution < 1.29 is 23.8 Å². The van der Waals surface area contributed by atoms with Gasteiger partial charge in [0, 0.05) is 30.6 Å². The highest BCUT2D eigenvalue weighted by molar-refractivity contribution is 6.09. The highest BCUT2D eigenvalue weighted by Gasteiger charge is 2.23. The fourth-order valence-corrected chi connectivity index (χ4v) is 3.19. The van der Waals surface area contributed by atoms with Crippen molar-refractivity contribution >= 4 is 16.9 Å². The van der Waals surface area contributed by atoms with Gasteiger partial charge < -0.3 is 29.2 Å². The Morgan fingerprint density at radius 2 is 1.97 bits per heavy atom. The molecule has 1 heterocycles. The van der Waals surface area contributed by atoms with Gasteiger partial charge in [-0.3, -0.25) is 0 Å². The highest BCUT2D eigenvalue weighted by atomic mass is 16.5. The first-order valence-corrected chi connectivity index (χ1v) is 10.4. The first-order chi connectivity index (χ1) is 15.0. The van der Waals surface area contributed by atoms with E-state index in [-0.39, 0.29) is 13.2 Å². The van der Waals surface area contributed by atoms with Crippen LogP contribution in [-0.2, 0) is 4.74 Å². The van der Waals surface area contributed by atoms with Gasteiger partial charge in [-0.2, -0.15) is 0 Å². The number of hydrogen-bond acceptors (Lipinski definition) is 7. The number of hydrogen-bond donors (Lipinski definition) is 2. The van der Waals surface area contributed by atoms with Crippen molar-refractivity contribution in [3.63, 3.8) is 0 Å². The Morgan fingerprint density at radius 1 is 1.19 bits per heavy atom. The fraction of sp³-hybridized carbons (Fsp3) is 0.375. The van der Waals surface area contributed by atoms with Crippen LogP contribution in [0.4, 0.5) is 0 Å². The van der Waals surface area contributed by atoms with Crippen LogP contribution < -0.4 is 10.1 Å². The number of ether oxygens (including phenoxy) is 2. The summed E-state index contributed by atoms with van der Waals surface area (Å²) >= 11 is 0. The molecule has 166 valence electrons. The van der Waals surface area contributed by atoms with E-state index >= 15 is 0 Å². The molecule has 0 aliphatic carbocycles. The van der Waals surface area contributed by atoms with Gasteiger partial charge in [0.05, 0.1) is 6.61 Å². The number of esters is 1. The Bertz CT molecular complexity index is 984. The Kier molecular flexibility index (Phi) is 8.06. The highest BCUT2D eigenvalue weighted by Crippen LogP contribution is 2.36. The topological polar surface area (TPSA) is 84.2 Å². The Morgan fingerprint density at radius 3 is 2.68 bits per heavy atom. The molecule has 0 unspecified atom stereocenters. The maximum atomic E-state index is 12.7. The predicted molar refractivity (Wildman–Crippen MR) is 121 cm³/mol. The second-order valence-corrected chi connectivity index (χ2v) is 7.52. The number of rotatable bonds is 11. The van der Waals surface area contributed by atoms with Gasteiger partial charge in [-0.1, -0.05) is 30.3 Å². The van der Waals surface area contributed by atoms with Gasteiger partial charge in [0.25, 0.3) is 0 Å². The SMILES string of the molecule is CCOC(=O)c1c(-c2ccccc2)oc2ccc(OC[C@H](O)CNCCN(C)C)cc12. The monoisotopic (exact) mass is 426 g/mol. The van der Waals surface area contributed by atoms with E-state index in [0.717, 1.165) is 18.7 Å². The van der Waals surface area contributed by atoms with Crippen LogP contribution in [0.2, 0.25) is 0 Å². The van der Waals surface area contributed by atoms with Gasteiger partial charge in [0.2, 0.25) is 0 Å². The van der Waals surface area contributed by atoms with Crippen LogP contribution in [0, 0.1) is 0 Å². The molecule has 2 N–H and O–H groups in total. The van der Waals surface area contributed by atoms with Gasteiger partial charge in [-0.05, 0) is 39.2 Å². The van der Waals surface area contributed by atoms with Gasteiger partial charge in [0.15, 0.2) is 0 Å². The van der Waals surface area contributed by atoms with Crippen LogP contribution in [0.3, 0.4) is 0 Å². The van der Waals surface area contributed by atoms with Gasteiger partial charge in [-0.15, -0.1) is 0 Å². The van der Waals surface area contributed by atoms with Gasteiger partial charge in [-0.25, -0.2) is 4.79 Å². The molecule has 0 aliphatic rings. The number of nitrogens with one attached hydrogen (secondary N) is 1. The van der Waals surface area contributed by atoms with Crippen LogP contribution in [0.1, 0.15) is 17.3 Å². The number of benzene rings is 2. The van der Waals surface area contributed by atoms with E-state index in [1.54, 1.807) is 25.1 Å². The van der Waals surface area contributed by atoms with E-state index in [0.29, 0.717) is 34.6 Å². The Balaban J connectivity index is 1.77. The third-order valence-electron chi connectivity index (χ3n) is 4.73. The number of likely N-dealkylation sites (N-methyl/N-ethyl adjacent to an activating group) is 1. The number of fused-ring (bicyclic) bond motifs is 1. The van der Waals surface area contributed by atoms with E-state index in [9.17, 15) is 9.90 Å². The summed E-state index contributed by atoms with van der Waals surface area (Å²) in [5, 5.41) is 14.0. The summed E-state index contributed by atoms with van der Waals surface area (Å²) in [6.07, 6.45) is -0.647. The summed E-state index contributed by atoms with van der Waals surface area (Å²) in [6.45, 7) is 4.29.